The van der Waals surface area contributed by atoms with Gasteiger partial charge in [-0.05, 0) is 76.1 Å². The van der Waals surface area contributed by atoms with Gasteiger partial charge in [-0.1, -0.05) is 18.2 Å². The minimum Gasteiger partial charge on any atom is -0.494 e. The van der Waals surface area contributed by atoms with Crippen LogP contribution in [-0.2, 0) is 66.2 Å². The number of carbonyl (C=O) groups is 9. The molecule has 0 bridgehead atoms. The number of nitrogens with zero attached hydrogens (tertiary/aromatic N) is 12. The van der Waals surface area contributed by atoms with Crippen molar-refractivity contribution < 1.29 is 87.3 Å². The number of imidazole rings is 1. The molecule has 35 heteroatoms. The molecule has 2 aromatic carbocycles. The van der Waals surface area contributed by atoms with E-state index in [4.69, 9.17) is 45.1 Å². The van der Waals surface area contributed by atoms with Crippen LogP contribution in [0.3, 0.4) is 0 Å². The molecule has 8 aromatic rings. The molecule has 6 aromatic heterocycles. The Balaban J connectivity index is 0.859. The fourth-order valence-corrected chi connectivity index (χ4v) is 11.1. The van der Waals surface area contributed by atoms with E-state index in [0.717, 1.165) is 22.7 Å². The summed E-state index contributed by atoms with van der Waals surface area (Å²) < 4.78 is 35.8. The monoisotopic (exact) mass is 1370 g/mol. The van der Waals surface area contributed by atoms with Gasteiger partial charge in [0.15, 0.2) is 11.9 Å². The van der Waals surface area contributed by atoms with Gasteiger partial charge in [0.2, 0.25) is 30.0 Å². The molecule has 10 rings (SSSR count). The van der Waals surface area contributed by atoms with Crippen molar-refractivity contribution in [3.8, 4) is 28.8 Å². The quantitative estimate of drug-likeness (QED) is 0.0183. The molecule has 2 aliphatic rings. The zero-order valence-corrected chi connectivity index (χ0v) is 54.4. The van der Waals surface area contributed by atoms with Crippen LogP contribution in [-0.4, -0.2) is 203 Å². The molecular weight excluding hydrogens is 1290 g/mol. The minimum atomic E-state index is -2.03. The zero-order valence-electron chi connectivity index (χ0n) is 54.4. The van der Waals surface area contributed by atoms with E-state index in [1.807, 2.05) is 43.6 Å². The van der Waals surface area contributed by atoms with Gasteiger partial charge in [0.25, 0.3) is 23.6 Å². The number of hydrogen-bond acceptors (Lipinski definition) is 23. The Morgan fingerprint density at radius 3 is 2.19 bits per heavy atom. The third kappa shape index (κ3) is 15.4. The number of amides is 8. The number of primary amides is 2. The Labute approximate surface area is 561 Å². The number of anilines is 2. The molecule has 1 saturated heterocycles. The number of benzene rings is 2. The molecule has 35 nitrogen and oxygen atoms in total. The van der Waals surface area contributed by atoms with Crippen LogP contribution < -0.4 is 41.6 Å². The first kappa shape index (κ1) is 70.1. The summed E-state index contributed by atoms with van der Waals surface area (Å²) in [6, 6.07) is 11.9. The number of rotatable bonds is 29. The number of allylic oxidation sites excluding steroid dienone is 2. The van der Waals surface area contributed by atoms with Crippen LogP contribution in [0.25, 0.3) is 44.6 Å². The van der Waals surface area contributed by atoms with Gasteiger partial charge in [0.1, 0.15) is 81.4 Å². The number of carboxylic acid groups (broad SMARTS) is 1. The van der Waals surface area contributed by atoms with Gasteiger partial charge in [0, 0.05) is 95.7 Å². The second-order valence-electron chi connectivity index (χ2n) is 22.9. The number of carbonyl (C=O) groups excluding carboxylic acids is 8. The van der Waals surface area contributed by atoms with E-state index in [-0.39, 0.29) is 110 Å². The summed E-state index contributed by atoms with van der Waals surface area (Å²) in [6.45, 7) is 7.70. The molecule has 1 fully saturated rings. The van der Waals surface area contributed by atoms with Crippen molar-refractivity contribution in [2.24, 2.45) is 11.5 Å². The Kier molecular flexibility index (Phi) is 21.4. The van der Waals surface area contributed by atoms with Crippen LogP contribution in [0, 0.1) is 13.8 Å². The van der Waals surface area contributed by atoms with Crippen LogP contribution in [0.2, 0.25) is 0 Å². The Bertz CT molecular complexity index is 4550. The number of methoxy groups -OCH3 is 1. The SMILES string of the molecule is CCn1nc(C)cc1C(=O)Nc1nc2cc(C(N)=O)cc(OCCCN(C)C(=O)OCc3ccc(O[C@@H]4O[C@H](C(=O)O)[C@@H](O)[C@H](O)[C@H]4O)c(NC(=O)CCNC(=O)CCN4C(=O)C=CC4=O)c3)c2n1C/C=C/Cn1c2nc(-c3cc(C)nn3CC)ncc2c2nc(C(N)=O)cc(OC)c21. The van der Waals surface area contributed by atoms with Crippen LogP contribution in [0.1, 0.15) is 81.4 Å². The van der Waals surface area contributed by atoms with Crippen LogP contribution in [0.4, 0.5) is 16.4 Å². The molecule has 8 heterocycles. The van der Waals surface area contributed by atoms with E-state index in [1.54, 1.807) is 33.1 Å². The first-order valence-electron chi connectivity index (χ1n) is 31.1. The van der Waals surface area contributed by atoms with E-state index in [0.29, 0.717) is 63.6 Å². The van der Waals surface area contributed by atoms with Crippen molar-refractivity contribution in [2.45, 2.75) is 110 Å². The highest BCUT2D eigenvalue weighted by molar-refractivity contribution is 6.13. The van der Waals surface area contributed by atoms with Gasteiger partial charge < -0.3 is 80.2 Å². The topological polar surface area (TPSA) is 472 Å². The number of aliphatic hydroxyl groups is 3. The first-order valence-corrected chi connectivity index (χ1v) is 31.1. The lowest BCUT2D eigenvalue weighted by molar-refractivity contribution is -0.271. The van der Waals surface area contributed by atoms with E-state index in [1.165, 1.54) is 55.5 Å². The fourth-order valence-electron chi connectivity index (χ4n) is 11.1. The summed E-state index contributed by atoms with van der Waals surface area (Å²) in [7, 11) is 2.92. The normalized spacial score (nSPS) is 16.8. The van der Waals surface area contributed by atoms with Crippen LogP contribution >= 0.6 is 0 Å². The van der Waals surface area contributed by atoms with Crippen LogP contribution in [0.15, 0.2) is 79.0 Å². The van der Waals surface area contributed by atoms with Gasteiger partial charge in [0.05, 0.1) is 41.7 Å². The second-order valence-corrected chi connectivity index (χ2v) is 22.9. The number of aromatic nitrogens is 10. The molecule has 0 spiro atoms. The Hall–Kier alpha value is -11.7. The predicted molar refractivity (Wildman–Crippen MR) is 349 cm³/mol. The summed E-state index contributed by atoms with van der Waals surface area (Å²) in [6.07, 6.45) is -3.73. The van der Waals surface area contributed by atoms with Gasteiger partial charge in [-0.15, -0.1) is 0 Å². The van der Waals surface area contributed by atoms with E-state index < -0.39 is 90.7 Å². The molecular formula is C64H71N17O18. The van der Waals surface area contributed by atoms with Crippen molar-refractivity contribution in [1.29, 1.82) is 0 Å². The fraction of sp³-hybridized carbons (Fsp3) is 0.359. The molecule has 8 amide bonds. The zero-order chi connectivity index (χ0) is 71.1. The van der Waals surface area contributed by atoms with Crippen molar-refractivity contribution in [3.63, 3.8) is 0 Å². The summed E-state index contributed by atoms with van der Waals surface area (Å²) in [5, 5.41) is 58.6. The largest absolute Gasteiger partial charge is 0.494 e. The number of aliphatic carboxylic acids is 1. The third-order valence-corrected chi connectivity index (χ3v) is 16.0. The Morgan fingerprint density at radius 2 is 1.49 bits per heavy atom. The Morgan fingerprint density at radius 1 is 0.778 bits per heavy atom. The number of imide groups is 1. The van der Waals surface area contributed by atoms with Gasteiger partial charge >= 0.3 is 12.1 Å². The number of nitrogens with two attached hydrogens (primary N) is 2. The summed E-state index contributed by atoms with van der Waals surface area (Å²) in [5.74, 6) is -5.55. The lowest BCUT2D eigenvalue weighted by Gasteiger charge is -2.38. The molecule has 11 N–H and O–H groups in total. The highest BCUT2D eigenvalue weighted by atomic mass is 16.7. The number of carboxylic acids is 1. The number of ether oxygens (including phenoxy) is 5. The summed E-state index contributed by atoms with van der Waals surface area (Å²) in [4.78, 5) is 136. The smallest absolute Gasteiger partial charge is 0.409 e. The van der Waals surface area contributed by atoms with E-state index in [9.17, 15) is 63.6 Å². The number of fused-ring (bicyclic) bond motifs is 4. The molecule has 0 aliphatic carbocycles. The lowest BCUT2D eigenvalue weighted by atomic mass is 9.99. The molecule has 0 saturated carbocycles. The first-order chi connectivity index (χ1) is 47.4. The maximum atomic E-state index is 14.1. The maximum absolute atomic E-state index is 14.1. The summed E-state index contributed by atoms with van der Waals surface area (Å²) in [5.41, 5.74) is 15.9. The third-order valence-electron chi connectivity index (χ3n) is 16.0. The lowest BCUT2D eigenvalue weighted by Crippen LogP contribution is -2.61. The van der Waals surface area contributed by atoms with Gasteiger partial charge in [-0.2, -0.15) is 10.2 Å². The number of aliphatic hydroxyl groups excluding tert-OH is 3. The second kappa shape index (κ2) is 30.2. The molecule has 520 valence electrons. The predicted octanol–water partition coefficient (Wildman–Crippen LogP) is 1.83. The number of pyridine rings is 1. The van der Waals surface area contributed by atoms with Crippen molar-refractivity contribution in [2.75, 3.05) is 51.0 Å². The van der Waals surface area contributed by atoms with E-state index in [2.05, 4.69) is 36.1 Å². The molecule has 0 unspecified atom stereocenters. The number of aryl methyl sites for hydroxylation is 4. The average Bonchev–Trinajstić information content (AvgIpc) is 1.60. The molecule has 2 aliphatic heterocycles. The minimum absolute atomic E-state index is 0.0295. The number of hydrogen-bond donors (Lipinski definition) is 9. The van der Waals surface area contributed by atoms with Gasteiger partial charge in [-0.25, -0.2) is 29.5 Å². The standard InChI is InChI=1S/C64H71N17O18/c1-7-80-40(24-32(3)74-80)58-68-30-36-49-51(43(95-6)29-39(70-49)57(66)90)78(59(36)72-58)20-9-10-21-79-50-38(71-63(79)73-60(91)41-25-33(4)75-81(41)8-2)27-35(56(65)89)28-44(50)96-23-11-19-76(5)64(94)97-31-34-12-13-42(98-62-54(88)52(86)53(87)55(99-62)61(92)93)37(26-34)69-46(83)16-18-67-45(82)17-22-77-47(84)14-15-48(77)85/h9-10,12-15,24-30,52-55,62,86-88H,7-8,11,16-23,31H2,1-6H3,(H2,65,89)(H2,66,90)(H,67,82)(H,69,83)(H,92,93)(H,71,73,91)/b10-9+/t52-,53-,54+,55-,62+/m0/s1. The van der Waals surface area contributed by atoms with Crippen molar-refractivity contribution in [1.82, 2.24) is 63.7 Å². The summed E-state index contributed by atoms with van der Waals surface area (Å²) >= 11 is 0. The average molecular weight is 1370 g/mol. The number of nitrogens with one attached hydrogen (secondary N) is 3. The molecule has 0 radical (unpaired) electrons. The van der Waals surface area contributed by atoms with Gasteiger partial charge in [-0.3, -0.25) is 53.1 Å². The molecule has 5 atom stereocenters. The maximum Gasteiger partial charge on any atom is 0.409 e. The van der Waals surface area contributed by atoms with E-state index >= 15 is 0 Å². The van der Waals surface area contributed by atoms with Crippen molar-refractivity contribution in [3.05, 3.63) is 113 Å². The van der Waals surface area contributed by atoms with Crippen molar-refractivity contribution >= 4 is 98.1 Å². The molecule has 99 heavy (non-hydrogen) atoms. The highest BCUT2D eigenvalue weighted by Crippen LogP contribution is 2.37. The highest BCUT2D eigenvalue weighted by Gasteiger charge is 2.48. The van der Waals surface area contributed by atoms with Crippen LogP contribution in [0.5, 0.6) is 17.2 Å².